The van der Waals surface area contributed by atoms with Crippen LogP contribution in [0.5, 0.6) is 0 Å². The largest absolute Gasteiger partial charge is 0.397 e. The summed E-state index contributed by atoms with van der Waals surface area (Å²) < 4.78 is 0. The number of hydrogen-bond acceptors (Lipinski definition) is 2. The molecule has 0 aromatic rings. The van der Waals surface area contributed by atoms with Crippen LogP contribution in [0.3, 0.4) is 0 Å². The third-order valence-electron chi connectivity index (χ3n) is 0. The van der Waals surface area contributed by atoms with Gasteiger partial charge >= 0.3 is 0 Å². The fourth-order valence-corrected chi connectivity index (χ4v) is 0. The van der Waals surface area contributed by atoms with E-state index in [1.165, 1.54) is 0 Å². The van der Waals surface area contributed by atoms with E-state index in [0.717, 1.165) is 0 Å². The summed E-state index contributed by atoms with van der Waals surface area (Å²) >= 11 is 0. The Morgan fingerprint density at radius 2 is 1.00 bits per heavy atom. The van der Waals surface area contributed by atoms with Crippen molar-refractivity contribution in [3.05, 3.63) is 0 Å². The van der Waals surface area contributed by atoms with E-state index < -0.39 is 0 Å². The molecule has 0 saturated heterocycles. The van der Waals surface area contributed by atoms with Crippen molar-refractivity contribution in [1.29, 1.82) is 0 Å². The monoisotopic (exact) mass is 206 g/mol. The van der Waals surface area contributed by atoms with Gasteiger partial charge in [-0.15, -0.1) is 0 Å². The first kappa shape index (κ1) is 15.7. The minimum absolute atomic E-state index is 0. The maximum Gasteiger partial charge on any atom is 0.0402 e. The molecule has 0 bridgehead atoms. The van der Waals surface area contributed by atoms with E-state index in [-0.39, 0.29) is 40.5 Å². The zero-order valence-corrected chi connectivity index (χ0v) is 9.05. The Kier molecular flexibility index (Phi) is 64.7. The quantitative estimate of drug-likeness (QED) is 0.545. The van der Waals surface area contributed by atoms with E-state index in [2.05, 4.69) is 0 Å². The van der Waals surface area contributed by atoms with Crippen LogP contribution in [-0.4, -0.2) is 23.4 Å². The number of aliphatic hydroxyl groups excluding tert-OH is 2. The molecular formula is C4H12CdO2. The van der Waals surface area contributed by atoms with Gasteiger partial charge < -0.3 is 10.2 Å². The molecule has 0 aromatic carbocycles. The Morgan fingerprint density at radius 1 is 1.00 bits per heavy atom. The molecule has 0 unspecified atom stereocenters. The average Bonchev–Trinajstić information content (AvgIpc) is 1.39. The number of rotatable bonds is 0. The smallest absolute Gasteiger partial charge is 0.0402 e. The molecule has 2 nitrogen and oxygen atoms in total. The summed E-state index contributed by atoms with van der Waals surface area (Å²) in [5.74, 6) is 0. The third-order valence-corrected chi connectivity index (χ3v) is 0. The molecule has 0 radical (unpaired) electrons. The molecule has 0 aromatic heterocycles. The summed E-state index contributed by atoms with van der Waals surface area (Å²) in [6.07, 6.45) is 0. The molecule has 42 valence electrons. The molecule has 0 rings (SSSR count). The molecule has 0 amide bonds. The van der Waals surface area contributed by atoms with Gasteiger partial charge in [0.25, 0.3) is 0 Å². The maximum atomic E-state index is 7.57. The van der Waals surface area contributed by atoms with Gasteiger partial charge in [0.2, 0.25) is 0 Å². The van der Waals surface area contributed by atoms with E-state index in [9.17, 15) is 0 Å². The van der Waals surface area contributed by atoms with Crippen molar-refractivity contribution in [2.45, 2.75) is 13.8 Å². The van der Waals surface area contributed by atoms with Crippen LogP contribution in [0.2, 0.25) is 0 Å². The van der Waals surface area contributed by atoms with Gasteiger partial charge in [-0.05, 0) is 13.8 Å². The van der Waals surface area contributed by atoms with E-state index >= 15 is 0 Å². The van der Waals surface area contributed by atoms with E-state index in [0.29, 0.717) is 0 Å². The topological polar surface area (TPSA) is 40.5 Å². The fourth-order valence-electron chi connectivity index (χ4n) is 0. The summed E-state index contributed by atoms with van der Waals surface area (Å²) in [6, 6.07) is 0. The van der Waals surface area contributed by atoms with Gasteiger partial charge in [-0.25, -0.2) is 0 Å². The van der Waals surface area contributed by atoms with Crippen molar-refractivity contribution in [3.63, 3.8) is 0 Å². The molecule has 0 saturated carbocycles. The molecular weight excluding hydrogens is 192 g/mol. The Morgan fingerprint density at radius 3 is 1.00 bits per heavy atom. The van der Waals surface area contributed by atoms with Gasteiger partial charge in [0, 0.05) is 40.5 Å². The van der Waals surface area contributed by atoms with Gasteiger partial charge in [0.05, 0.1) is 0 Å². The molecule has 0 aliphatic heterocycles. The third kappa shape index (κ3) is 226. The second kappa shape index (κ2) is 28.9. The second-order valence-corrected chi connectivity index (χ2v) is 0.632. The zero-order valence-electron chi connectivity index (χ0n) is 5.02. The van der Waals surface area contributed by atoms with Crippen LogP contribution >= 0.6 is 0 Å². The first-order chi connectivity index (χ1) is 2.83. The van der Waals surface area contributed by atoms with Gasteiger partial charge in [0.1, 0.15) is 0 Å². The van der Waals surface area contributed by atoms with Gasteiger partial charge in [-0.1, -0.05) is 0 Å². The van der Waals surface area contributed by atoms with Crippen LogP contribution in [-0.2, 0) is 27.3 Å². The summed E-state index contributed by atoms with van der Waals surface area (Å²) in [5, 5.41) is 15.1. The van der Waals surface area contributed by atoms with Crippen LogP contribution in [0, 0.1) is 0 Å². The van der Waals surface area contributed by atoms with Gasteiger partial charge in [-0.3, -0.25) is 0 Å². The molecule has 0 heterocycles. The van der Waals surface area contributed by atoms with E-state index in [1.807, 2.05) is 0 Å². The predicted octanol–water partition coefficient (Wildman–Crippen LogP) is -0.00530. The zero-order chi connectivity index (χ0) is 5.41. The van der Waals surface area contributed by atoms with Crippen LogP contribution in [0.25, 0.3) is 0 Å². The van der Waals surface area contributed by atoms with Crippen molar-refractivity contribution < 1.29 is 37.5 Å². The van der Waals surface area contributed by atoms with Crippen LogP contribution < -0.4 is 0 Å². The molecule has 2 N–H and O–H groups in total. The Bertz CT molecular complexity index is 11.7. The van der Waals surface area contributed by atoms with E-state index in [4.69, 9.17) is 10.2 Å². The average molecular weight is 205 g/mol. The van der Waals surface area contributed by atoms with Crippen LogP contribution in [0.1, 0.15) is 13.8 Å². The number of hydrogen-bond donors (Lipinski definition) is 2. The van der Waals surface area contributed by atoms with Crippen molar-refractivity contribution in [3.8, 4) is 0 Å². The molecule has 0 fully saturated rings. The predicted molar refractivity (Wildman–Crippen MR) is 25.5 cm³/mol. The molecule has 0 aliphatic carbocycles. The van der Waals surface area contributed by atoms with Crippen LogP contribution in [0.4, 0.5) is 0 Å². The van der Waals surface area contributed by atoms with Crippen molar-refractivity contribution >= 4 is 0 Å². The first-order valence-electron chi connectivity index (χ1n) is 2.05. The summed E-state index contributed by atoms with van der Waals surface area (Å²) in [4.78, 5) is 0. The fraction of sp³-hybridized carbons (Fsp3) is 1.00. The molecule has 3 heteroatoms. The molecule has 0 aliphatic rings. The minimum Gasteiger partial charge on any atom is -0.397 e. The SMILES string of the molecule is CCO.CCO.[Cd]. The van der Waals surface area contributed by atoms with Crippen molar-refractivity contribution in [1.82, 2.24) is 0 Å². The maximum absolute atomic E-state index is 7.57. The summed E-state index contributed by atoms with van der Waals surface area (Å²) in [7, 11) is 0. The summed E-state index contributed by atoms with van der Waals surface area (Å²) in [5.41, 5.74) is 0. The first-order valence-corrected chi connectivity index (χ1v) is 2.05. The Hall–Kier alpha value is 0.842. The van der Waals surface area contributed by atoms with Gasteiger partial charge in [-0.2, -0.15) is 0 Å². The summed E-state index contributed by atoms with van der Waals surface area (Å²) in [6.45, 7) is 3.86. The molecule has 0 spiro atoms. The standard InChI is InChI=1S/2C2H6O.Cd/c2*1-2-3;/h2*3H,2H2,1H3;. The molecule has 7 heavy (non-hydrogen) atoms. The Balaban J connectivity index is -0.0000000400. The van der Waals surface area contributed by atoms with Crippen molar-refractivity contribution in [2.75, 3.05) is 13.2 Å². The second-order valence-electron chi connectivity index (χ2n) is 0.632. The molecule has 0 atom stereocenters. The van der Waals surface area contributed by atoms with Gasteiger partial charge in [0.15, 0.2) is 0 Å². The number of aliphatic hydroxyl groups is 2. The normalized spacial score (nSPS) is 5.14. The van der Waals surface area contributed by atoms with Crippen LogP contribution in [0.15, 0.2) is 0 Å². The Labute approximate surface area is 64.7 Å². The minimum atomic E-state index is 0. The van der Waals surface area contributed by atoms with Crippen molar-refractivity contribution in [2.24, 2.45) is 0 Å². The van der Waals surface area contributed by atoms with E-state index in [1.54, 1.807) is 13.8 Å².